The van der Waals surface area contributed by atoms with Crippen LogP contribution in [0.2, 0.25) is 0 Å². The number of hydrogen-bond acceptors (Lipinski definition) is 16. The predicted molar refractivity (Wildman–Crippen MR) is 267 cm³/mol. The van der Waals surface area contributed by atoms with Gasteiger partial charge in [0.1, 0.15) is 38.6 Å². The van der Waals surface area contributed by atoms with Gasteiger partial charge in [0.05, 0.1) is 0 Å². The number of hydrogen-bond donors (Lipinski definition) is 0. The van der Waals surface area contributed by atoms with Crippen molar-refractivity contribution in [1.82, 2.24) is 0 Å². The fourth-order valence-electron chi connectivity index (χ4n) is 7.60. The van der Waals surface area contributed by atoms with E-state index in [4.69, 9.17) is 37.9 Å². The summed E-state index contributed by atoms with van der Waals surface area (Å²) in [6.45, 7) is 11.8. The molecule has 0 N–H and O–H groups in total. The Balaban J connectivity index is 0. The lowest BCUT2D eigenvalue weighted by atomic mass is 10.0. The van der Waals surface area contributed by atoms with Gasteiger partial charge in [0.2, 0.25) is 0 Å². The molecule has 0 aliphatic heterocycles. The van der Waals surface area contributed by atoms with E-state index in [9.17, 15) is 38.4 Å². The standard InChI is InChI=1S/2C27H48O8/c1-5-6-7-8-9-11-14-17-25(34-23(3)29)18-15-12-10-13-16-19-27(31)33-21-26(35-24(4)30)20-32-22(2)28;1-5-6-7-8-9-11-14-17-25(34-24(4)30)18-15-12-10-13-16-19-27(31)35-26(20-32-22(2)28)21-33-23(3)29/h2*25-26H,5-21H2,1-4H3. The Bertz CT molecular complexity index is 1370. The molecule has 16 heteroatoms. The Hall–Kier alpha value is -4.24. The van der Waals surface area contributed by atoms with Crippen LogP contribution < -0.4 is 0 Å². The van der Waals surface area contributed by atoms with Crippen LogP contribution in [0.25, 0.3) is 0 Å². The largest absolute Gasteiger partial charge is 0.463 e. The number of carbonyl (C=O) groups is 8. The number of esters is 8. The van der Waals surface area contributed by atoms with Gasteiger partial charge >= 0.3 is 47.8 Å². The highest BCUT2D eigenvalue weighted by atomic mass is 16.6. The van der Waals surface area contributed by atoms with Crippen molar-refractivity contribution < 1.29 is 76.3 Å². The van der Waals surface area contributed by atoms with Crippen LogP contribution >= 0.6 is 0 Å². The monoisotopic (exact) mass is 1000 g/mol. The van der Waals surface area contributed by atoms with Crippen LogP contribution in [0.4, 0.5) is 0 Å². The molecule has 0 saturated heterocycles. The topological polar surface area (TPSA) is 210 Å². The van der Waals surface area contributed by atoms with Crippen LogP contribution in [-0.4, -0.2) is 98.6 Å². The molecule has 0 aliphatic rings. The molecule has 3 unspecified atom stereocenters. The summed E-state index contributed by atoms with van der Waals surface area (Å²) in [6, 6.07) is 0. The third kappa shape index (κ3) is 51.6. The van der Waals surface area contributed by atoms with Gasteiger partial charge in [0.15, 0.2) is 12.2 Å². The van der Waals surface area contributed by atoms with Crippen molar-refractivity contribution in [3.63, 3.8) is 0 Å². The molecule has 0 radical (unpaired) electrons. The van der Waals surface area contributed by atoms with Crippen LogP contribution in [0, 0.1) is 0 Å². The van der Waals surface area contributed by atoms with Gasteiger partial charge in [-0.3, -0.25) is 38.4 Å². The van der Waals surface area contributed by atoms with E-state index in [0.717, 1.165) is 89.9 Å². The van der Waals surface area contributed by atoms with E-state index in [2.05, 4.69) is 13.8 Å². The molecule has 0 rings (SSSR count). The van der Waals surface area contributed by atoms with Crippen molar-refractivity contribution in [2.24, 2.45) is 0 Å². The summed E-state index contributed by atoms with van der Waals surface area (Å²) in [5.41, 5.74) is 0. The highest BCUT2D eigenvalue weighted by Crippen LogP contribution is 2.19. The minimum absolute atomic E-state index is 0.00416. The first-order valence-electron chi connectivity index (χ1n) is 26.8. The van der Waals surface area contributed by atoms with Gasteiger partial charge in [-0.25, -0.2) is 0 Å². The summed E-state index contributed by atoms with van der Waals surface area (Å²) in [7, 11) is 0. The number of carbonyl (C=O) groups excluding carboxylic acids is 8. The quantitative estimate of drug-likeness (QED) is 0.0315. The zero-order valence-corrected chi connectivity index (χ0v) is 44.9. The van der Waals surface area contributed by atoms with Crippen molar-refractivity contribution in [3.05, 3.63) is 0 Å². The van der Waals surface area contributed by atoms with E-state index in [1.54, 1.807) is 0 Å². The van der Waals surface area contributed by atoms with Crippen molar-refractivity contribution in [2.45, 2.75) is 272 Å². The molecule has 3 atom stereocenters. The summed E-state index contributed by atoms with van der Waals surface area (Å²) < 4.78 is 41.0. The van der Waals surface area contributed by atoms with Crippen molar-refractivity contribution in [1.29, 1.82) is 0 Å². The zero-order valence-electron chi connectivity index (χ0n) is 44.9. The maximum absolute atomic E-state index is 12.1. The molecule has 0 heterocycles. The summed E-state index contributed by atoms with van der Waals surface area (Å²) in [5.74, 6) is -3.20. The van der Waals surface area contributed by atoms with Crippen LogP contribution in [0.1, 0.15) is 248 Å². The number of rotatable bonds is 44. The molecule has 0 saturated carbocycles. The smallest absolute Gasteiger partial charge is 0.306 e. The number of unbranched alkanes of at least 4 members (excludes halogenated alkanes) is 20. The fraction of sp³-hybridized carbons (Fsp3) is 0.852. The van der Waals surface area contributed by atoms with Crippen molar-refractivity contribution in [2.75, 3.05) is 26.4 Å². The van der Waals surface area contributed by atoms with E-state index in [1.165, 1.54) is 119 Å². The van der Waals surface area contributed by atoms with E-state index >= 15 is 0 Å². The van der Waals surface area contributed by atoms with Crippen LogP contribution in [-0.2, 0) is 76.3 Å². The van der Waals surface area contributed by atoms with Gasteiger partial charge in [-0.2, -0.15) is 0 Å². The Morgan fingerprint density at radius 2 is 0.529 bits per heavy atom. The fourth-order valence-corrected chi connectivity index (χ4v) is 7.60. The molecular formula is C54H96O16. The molecule has 0 aromatic carbocycles. The second-order valence-electron chi connectivity index (χ2n) is 18.3. The predicted octanol–water partition coefficient (Wildman–Crippen LogP) is 11.7. The molecule has 0 fully saturated rings. The van der Waals surface area contributed by atoms with Gasteiger partial charge in [-0.05, 0) is 64.2 Å². The zero-order chi connectivity index (χ0) is 52.6. The molecule has 0 amide bonds. The van der Waals surface area contributed by atoms with E-state index in [-0.39, 0.29) is 69.4 Å². The third-order valence-corrected chi connectivity index (χ3v) is 11.2. The summed E-state index contributed by atoms with van der Waals surface area (Å²) in [6.07, 6.45) is 29.3. The van der Waals surface area contributed by atoms with Gasteiger partial charge in [0.25, 0.3) is 0 Å². The number of ether oxygens (including phenoxy) is 8. The summed E-state index contributed by atoms with van der Waals surface area (Å²) in [4.78, 5) is 90.8. The molecule has 0 bridgehead atoms. The first kappa shape index (κ1) is 67.8. The van der Waals surface area contributed by atoms with Gasteiger partial charge < -0.3 is 37.9 Å². The third-order valence-electron chi connectivity index (χ3n) is 11.2. The highest BCUT2D eigenvalue weighted by Gasteiger charge is 2.19. The molecule has 0 spiro atoms. The Morgan fingerprint density at radius 3 is 0.843 bits per heavy atom. The first-order chi connectivity index (χ1) is 33.5. The normalized spacial score (nSPS) is 12.1. The SMILES string of the molecule is CCCCCCCCCC(CCCCCCCC(=O)OC(COC(C)=O)COC(C)=O)OC(C)=O.CCCCCCCCCC(CCCCCCCC(=O)OCC(COC(C)=O)OC(C)=O)OC(C)=O. The Kier molecular flexibility index (Phi) is 46.9. The summed E-state index contributed by atoms with van der Waals surface area (Å²) >= 11 is 0. The van der Waals surface area contributed by atoms with Crippen LogP contribution in [0.5, 0.6) is 0 Å². The van der Waals surface area contributed by atoms with Gasteiger partial charge in [-0.1, -0.05) is 129 Å². The van der Waals surface area contributed by atoms with E-state index in [0.29, 0.717) is 12.8 Å². The second kappa shape index (κ2) is 48.4. The van der Waals surface area contributed by atoms with Crippen LogP contribution in [0.3, 0.4) is 0 Å². The maximum Gasteiger partial charge on any atom is 0.306 e. The van der Waals surface area contributed by atoms with E-state index in [1.807, 2.05) is 0 Å². The summed E-state index contributed by atoms with van der Waals surface area (Å²) in [5, 5.41) is 0. The molecule has 70 heavy (non-hydrogen) atoms. The Labute approximate surface area is 421 Å². The molecule has 408 valence electrons. The molecule has 16 nitrogen and oxygen atoms in total. The molecule has 0 aliphatic carbocycles. The van der Waals surface area contributed by atoms with Crippen molar-refractivity contribution >= 4 is 47.8 Å². The van der Waals surface area contributed by atoms with Crippen LogP contribution in [0.15, 0.2) is 0 Å². The minimum Gasteiger partial charge on any atom is -0.463 e. The highest BCUT2D eigenvalue weighted by molar-refractivity contribution is 5.70. The average Bonchev–Trinajstić information content (AvgIpc) is 3.28. The lowest BCUT2D eigenvalue weighted by Crippen LogP contribution is -2.30. The average molecular weight is 1000 g/mol. The molecule has 0 aromatic rings. The van der Waals surface area contributed by atoms with Gasteiger partial charge in [0, 0.05) is 54.4 Å². The molecular weight excluding hydrogens is 905 g/mol. The lowest BCUT2D eigenvalue weighted by molar-refractivity contribution is -0.165. The van der Waals surface area contributed by atoms with E-state index < -0.39 is 42.1 Å². The van der Waals surface area contributed by atoms with Crippen molar-refractivity contribution in [3.8, 4) is 0 Å². The first-order valence-corrected chi connectivity index (χ1v) is 26.8. The Morgan fingerprint density at radius 1 is 0.271 bits per heavy atom. The minimum atomic E-state index is -0.801. The second-order valence-corrected chi connectivity index (χ2v) is 18.3. The molecule has 0 aromatic heterocycles. The lowest BCUT2D eigenvalue weighted by Gasteiger charge is -2.17. The van der Waals surface area contributed by atoms with Gasteiger partial charge in [-0.15, -0.1) is 0 Å². The maximum atomic E-state index is 12.1.